The Hall–Kier alpha value is -1.33. The van der Waals surface area contributed by atoms with Gasteiger partial charge in [0.2, 0.25) is 5.88 Å². The second kappa shape index (κ2) is 5.53. The Labute approximate surface area is 88.8 Å². The van der Waals surface area contributed by atoms with Gasteiger partial charge in [0.15, 0.2) is 0 Å². The molecule has 1 rings (SSSR count). The van der Waals surface area contributed by atoms with Crippen molar-refractivity contribution in [2.45, 2.75) is 5.92 Å². The minimum absolute atomic E-state index is 0.0278. The topological polar surface area (TPSA) is 77.6 Å². The van der Waals surface area contributed by atoms with Crippen molar-refractivity contribution in [2.75, 3.05) is 27.4 Å². The third kappa shape index (κ3) is 2.57. The highest BCUT2D eigenvalue weighted by Crippen LogP contribution is 2.27. The van der Waals surface area contributed by atoms with E-state index in [1.54, 1.807) is 19.4 Å². The molecule has 0 spiro atoms. The molecule has 1 unspecified atom stereocenters. The van der Waals surface area contributed by atoms with Gasteiger partial charge in [-0.3, -0.25) is 0 Å². The number of aliphatic hydroxyl groups excluding tert-OH is 1. The highest BCUT2D eigenvalue weighted by Gasteiger charge is 2.15. The number of methoxy groups -OCH3 is 2. The van der Waals surface area contributed by atoms with Gasteiger partial charge in [0.1, 0.15) is 5.75 Å². The molecule has 0 saturated heterocycles. The molecule has 0 aliphatic heterocycles. The van der Waals surface area contributed by atoms with Crippen molar-refractivity contribution in [3.8, 4) is 11.6 Å². The number of hydrogen-bond donors (Lipinski definition) is 2. The molecule has 0 saturated carbocycles. The number of ether oxygens (including phenoxy) is 2. The first kappa shape index (κ1) is 11.7. The fraction of sp³-hybridized carbons (Fsp3) is 0.500. The van der Waals surface area contributed by atoms with Gasteiger partial charge >= 0.3 is 0 Å². The fourth-order valence-corrected chi connectivity index (χ4v) is 1.34. The predicted molar refractivity (Wildman–Crippen MR) is 56.2 cm³/mol. The molecule has 1 aromatic rings. The van der Waals surface area contributed by atoms with Gasteiger partial charge in [-0.15, -0.1) is 0 Å². The van der Waals surface area contributed by atoms with Gasteiger partial charge in [-0.05, 0) is 0 Å². The summed E-state index contributed by atoms with van der Waals surface area (Å²) in [5.41, 5.74) is 6.37. The standard InChI is InChI=1S/C10H16N2O3/c1-14-9-5-12-10(15-2)3-8(9)7(4-11)6-13/h3,5,7,13H,4,6,11H2,1-2H3. The molecule has 84 valence electrons. The summed E-state index contributed by atoms with van der Waals surface area (Å²) in [4.78, 5) is 4.01. The lowest BCUT2D eigenvalue weighted by molar-refractivity contribution is 0.263. The maximum atomic E-state index is 9.17. The van der Waals surface area contributed by atoms with Crippen LogP contribution in [0.5, 0.6) is 11.6 Å². The number of aliphatic hydroxyl groups is 1. The molecule has 5 nitrogen and oxygen atoms in total. The minimum atomic E-state index is -0.156. The van der Waals surface area contributed by atoms with E-state index in [1.165, 1.54) is 7.11 Å². The van der Waals surface area contributed by atoms with Crippen molar-refractivity contribution in [3.05, 3.63) is 17.8 Å². The van der Waals surface area contributed by atoms with E-state index in [2.05, 4.69) is 4.98 Å². The lowest BCUT2D eigenvalue weighted by Gasteiger charge is -2.16. The first-order chi connectivity index (χ1) is 7.26. The Morgan fingerprint density at radius 3 is 2.67 bits per heavy atom. The predicted octanol–water partition coefficient (Wildman–Crippen LogP) is 0.133. The average Bonchev–Trinajstić information content (AvgIpc) is 2.30. The molecule has 1 atom stereocenters. The maximum absolute atomic E-state index is 9.17. The van der Waals surface area contributed by atoms with E-state index < -0.39 is 0 Å². The van der Waals surface area contributed by atoms with Crippen LogP contribution in [0, 0.1) is 0 Å². The Kier molecular flexibility index (Phi) is 4.33. The van der Waals surface area contributed by atoms with Crippen LogP contribution in [0.3, 0.4) is 0 Å². The Morgan fingerprint density at radius 1 is 1.47 bits per heavy atom. The first-order valence-electron chi connectivity index (χ1n) is 4.65. The molecule has 0 radical (unpaired) electrons. The summed E-state index contributed by atoms with van der Waals surface area (Å²) in [6, 6.07) is 1.73. The highest BCUT2D eigenvalue weighted by molar-refractivity contribution is 5.37. The minimum Gasteiger partial charge on any atom is -0.495 e. The second-order valence-electron chi connectivity index (χ2n) is 3.08. The van der Waals surface area contributed by atoms with Gasteiger partial charge in [-0.25, -0.2) is 4.98 Å². The van der Waals surface area contributed by atoms with Gasteiger partial charge in [0.25, 0.3) is 0 Å². The summed E-state index contributed by atoms with van der Waals surface area (Å²) in [5, 5.41) is 9.17. The average molecular weight is 212 g/mol. The van der Waals surface area contributed by atoms with E-state index in [4.69, 9.17) is 20.3 Å². The Balaban J connectivity index is 3.09. The van der Waals surface area contributed by atoms with Gasteiger partial charge in [0, 0.05) is 24.1 Å². The molecule has 0 fully saturated rings. The van der Waals surface area contributed by atoms with Gasteiger partial charge in [-0.2, -0.15) is 0 Å². The van der Waals surface area contributed by atoms with Crippen LogP contribution in [-0.4, -0.2) is 37.5 Å². The Bertz CT molecular complexity index is 314. The van der Waals surface area contributed by atoms with Crippen molar-refractivity contribution in [1.82, 2.24) is 4.98 Å². The highest BCUT2D eigenvalue weighted by atomic mass is 16.5. The monoisotopic (exact) mass is 212 g/mol. The number of nitrogens with two attached hydrogens (primary N) is 1. The molecule has 5 heteroatoms. The number of hydrogen-bond acceptors (Lipinski definition) is 5. The third-order valence-corrected chi connectivity index (χ3v) is 2.25. The van der Waals surface area contributed by atoms with E-state index in [-0.39, 0.29) is 12.5 Å². The SMILES string of the molecule is COc1cc(C(CN)CO)c(OC)cn1. The largest absolute Gasteiger partial charge is 0.495 e. The molecule has 0 aliphatic carbocycles. The third-order valence-electron chi connectivity index (χ3n) is 2.25. The lowest BCUT2D eigenvalue weighted by atomic mass is 10.0. The van der Waals surface area contributed by atoms with Crippen molar-refractivity contribution < 1.29 is 14.6 Å². The van der Waals surface area contributed by atoms with Crippen molar-refractivity contribution >= 4 is 0 Å². The normalized spacial score (nSPS) is 12.3. The number of aromatic nitrogens is 1. The number of rotatable bonds is 5. The quantitative estimate of drug-likeness (QED) is 0.725. The summed E-state index contributed by atoms with van der Waals surface area (Å²) >= 11 is 0. The zero-order chi connectivity index (χ0) is 11.3. The smallest absolute Gasteiger partial charge is 0.213 e. The van der Waals surface area contributed by atoms with Crippen molar-refractivity contribution in [3.63, 3.8) is 0 Å². The van der Waals surface area contributed by atoms with Gasteiger partial charge in [-0.1, -0.05) is 0 Å². The first-order valence-corrected chi connectivity index (χ1v) is 4.65. The van der Waals surface area contributed by atoms with Crippen LogP contribution in [0.2, 0.25) is 0 Å². The molecule has 1 heterocycles. The molecule has 3 N–H and O–H groups in total. The van der Waals surface area contributed by atoms with Crippen LogP contribution in [0.4, 0.5) is 0 Å². The van der Waals surface area contributed by atoms with Crippen LogP contribution in [0.25, 0.3) is 0 Å². The molecular weight excluding hydrogens is 196 g/mol. The number of pyridine rings is 1. The van der Waals surface area contributed by atoms with Gasteiger partial charge in [0.05, 0.1) is 27.0 Å². The lowest BCUT2D eigenvalue weighted by Crippen LogP contribution is -2.17. The molecule has 0 bridgehead atoms. The zero-order valence-corrected chi connectivity index (χ0v) is 8.93. The van der Waals surface area contributed by atoms with E-state index in [0.717, 1.165) is 5.56 Å². The molecule has 1 aromatic heterocycles. The summed E-state index contributed by atoms with van der Waals surface area (Å²) in [7, 11) is 3.09. The maximum Gasteiger partial charge on any atom is 0.213 e. The van der Waals surface area contributed by atoms with Crippen LogP contribution < -0.4 is 15.2 Å². The van der Waals surface area contributed by atoms with E-state index >= 15 is 0 Å². The summed E-state index contributed by atoms with van der Waals surface area (Å²) < 4.78 is 10.1. The summed E-state index contributed by atoms with van der Waals surface area (Å²) in [6.07, 6.45) is 1.56. The molecule has 0 aromatic carbocycles. The Morgan fingerprint density at radius 2 is 2.20 bits per heavy atom. The molecule has 0 aliphatic rings. The zero-order valence-electron chi connectivity index (χ0n) is 8.93. The molecule has 0 amide bonds. The molecule has 15 heavy (non-hydrogen) atoms. The van der Waals surface area contributed by atoms with E-state index in [0.29, 0.717) is 18.2 Å². The summed E-state index contributed by atoms with van der Waals surface area (Å²) in [5.74, 6) is 0.940. The van der Waals surface area contributed by atoms with E-state index in [1.807, 2.05) is 0 Å². The second-order valence-corrected chi connectivity index (χ2v) is 3.08. The summed E-state index contributed by atoms with van der Waals surface area (Å²) in [6.45, 7) is 0.319. The van der Waals surface area contributed by atoms with Crippen molar-refractivity contribution in [2.24, 2.45) is 5.73 Å². The van der Waals surface area contributed by atoms with E-state index in [9.17, 15) is 0 Å². The van der Waals surface area contributed by atoms with Crippen LogP contribution in [-0.2, 0) is 0 Å². The fourth-order valence-electron chi connectivity index (χ4n) is 1.34. The number of nitrogens with zero attached hydrogens (tertiary/aromatic N) is 1. The van der Waals surface area contributed by atoms with Crippen LogP contribution in [0.15, 0.2) is 12.3 Å². The van der Waals surface area contributed by atoms with Gasteiger partial charge < -0.3 is 20.3 Å². The molecular formula is C10H16N2O3. The van der Waals surface area contributed by atoms with Crippen LogP contribution >= 0.6 is 0 Å². The van der Waals surface area contributed by atoms with Crippen molar-refractivity contribution in [1.29, 1.82) is 0 Å². The van der Waals surface area contributed by atoms with Crippen LogP contribution in [0.1, 0.15) is 11.5 Å².